The van der Waals surface area contributed by atoms with Crippen molar-refractivity contribution in [3.05, 3.63) is 34.3 Å². The maximum atomic E-state index is 5.54. The number of hydrogen-bond acceptors (Lipinski definition) is 3. The highest BCUT2D eigenvalue weighted by Gasteiger charge is 2.39. The lowest BCUT2D eigenvalue weighted by Gasteiger charge is -2.42. The number of halogens is 1. The lowest BCUT2D eigenvalue weighted by molar-refractivity contribution is -0.0660. The predicted octanol–water partition coefficient (Wildman–Crippen LogP) is 2.40. The Kier molecular flexibility index (Phi) is 4.76. The monoisotopic (exact) mass is 338 g/mol. The van der Waals surface area contributed by atoms with Gasteiger partial charge in [0, 0.05) is 36.1 Å². The SMILES string of the molecule is Brc1cccc(C2(CCCN3CCNCC3)COC2)c1. The van der Waals surface area contributed by atoms with Crippen LogP contribution in [0.3, 0.4) is 0 Å². The molecule has 1 aromatic carbocycles. The third-order valence-corrected chi connectivity index (χ3v) is 5.03. The summed E-state index contributed by atoms with van der Waals surface area (Å²) in [6, 6.07) is 8.73. The quantitative estimate of drug-likeness (QED) is 0.892. The number of ether oxygens (including phenoxy) is 1. The van der Waals surface area contributed by atoms with Crippen LogP contribution in [-0.2, 0) is 10.2 Å². The summed E-state index contributed by atoms with van der Waals surface area (Å²) >= 11 is 3.58. The maximum absolute atomic E-state index is 5.54. The molecule has 0 aliphatic carbocycles. The molecular weight excluding hydrogens is 316 g/mol. The number of piperazine rings is 1. The Morgan fingerprint density at radius 2 is 2.05 bits per heavy atom. The molecule has 0 unspecified atom stereocenters. The van der Waals surface area contributed by atoms with Crippen LogP contribution >= 0.6 is 15.9 Å². The molecule has 0 amide bonds. The highest BCUT2D eigenvalue weighted by Crippen LogP contribution is 2.37. The van der Waals surface area contributed by atoms with Gasteiger partial charge in [-0.15, -0.1) is 0 Å². The molecule has 4 heteroatoms. The van der Waals surface area contributed by atoms with Gasteiger partial charge in [0.15, 0.2) is 0 Å². The van der Waals surface area contributed by atoms with Gasteiger partial charge in [-0.2, -0.15) is 0 Å². The van der Waals surface area contributed by atoms with Gasteiger partial charge in [-0.3, -0.25) is 0 Å². The molecule has 0 radical (unpaired) electrons. The molecule has 3 nitrogen and oxygen atoms in total. The highest BCUT2D eigenvalue weighted by molar-refractivity contribution is 9.10. The van der Waals surface area contributed by atoms with Gasteiger partial charge < -0.3 is 15.0 Å². The summed E-state index contributed by atoms with van der Waals surface area (Å²) in [6.45, 7) is 7.65. The van der Waals surface area contributed by atoms with Crippen molar-refractivity contribution in [3.8, 4) is 0 Å². The van der Waals surface area contributed by atoms with Crippen molar-refractivity contribution in [2.24, 2.45) is 0 Å². The molecule has 2 aliphatic rings. The molecule has 2 heterocycles. The molecule has 0 aromatic heterocycles. The Morgan fingerprint density at radius 1 is 1.25 bits per heavy atom. The summed E-state index contributed by atoms with van der Waals surface area (Å²) in [5.74, 6) is 0. The van der Waals surface area contributed by atoms with Crippen LogP contribution < -0.4 is 5.32 Å². The lowest BCUT2D eigenvalue weighted by atomic mass is 9.75. The molecule has 0 bridgehead atoms. The van der Waals surface area contributed by atoms with Crippen molar-refractivity contribution < 1.29 is 4.74 Å². The van der Waals surface area contributed by atoms with E-state index >= 15 is 0 Å². The zero-order valence-corrected chi connectivity index (χ0v) is 13.5. The summed E-state index contributed by atoms with van der Waals surface area (Å²) in [5, 5.41) is 3.41. The first-order valence-electron chi connectivity index (χ1n) is 7.55. The van der Waals surface area contributed by atoms with E-state index in [1.807, 2.05) is 0 Å². The molecule has 2 saturated heterocycles. The van der Waals surface area contributed by atoms with Gasteiger partial charge in [0.1, 0.15) is 0 Å². The topological polar surface area (TPSA) is 24.5 Å². The number of nitrogens with zero attached hydrogens (tertiary/aromatic N) is 1. The Bertz CT molecular complexity index is 442. The molecule has 3 rings (SSSR count). The van der Waals surface area contributed by atoms with E-state index in [1.54, 1.807) is 0 Å². The second kappa shape index (κ2) is 6.56. The second-order valence-corrected chi connectivity index (χ2v) is 6.89. The van der Waals surface area contributed by atoms with Crippen molar-refractivity contribution in [1.82, 2.24) is 10.2 Å². The van der Waals surface area contributed by atoms with Gasteiger partial charge in [-0.05, 0) is 37.1 Å². The molecule has 2 aliphatic heterocycles. The summed E-state index contributed by atoms with van der Waals surface area (Å²) in [7, 11) is 0. The first-order valence-corrected chi connectivity index (χ1v) is 8.35. The summed E-state index contributed by atoms with van der Waals surface area (Å²) in [6.07, 6.45) is 2.49. The average Bonchev–Trinajstić information content (AvgIpc) is 2.43. The number of rotatable bonds is 5. The smallest absolute Gasteiger partial charge is 0.0585 e. The normalized spacial score (nSPS) is 22.4. The fourth-order valence-electron chi connectivity index (χ4n) is 3.20. The Balaban J connectivity index is 1.56. The van der Waals surface area contributed by atoms with Crippen LogP contribution in [0.2, 0.25) is 0 Å². The molecule has 1 N–H and O–H groups in total. The fraction of sp³-hybridized carbons (Fsp3) is 0.625. The molecule has 0 spiro atoms. The highest BCUT2D eigenvalue weighted by atomic mass is 79.9. The number of nitrogens with one attached hydrogen (secondary N) is 1. The van der Waals surface area contributed by atoms with Crippen LogP contribution in [-0.4, -0.2) is 50.8 Å². The van der Waals surface area contributed by atoms with E-state index in [-0.39, 0.29) is 5.41 Å². The Hall–Kier alpha value is -0.420. The molecule has 2 fully saturated rings. The number of benzene rings is 1. The molecule has 0 saturated carbocycles. The van der Waals surface area contributed by atoms with Gasteiger partial charge in [0.2, 0.25) is 0 Å². The minimum Gasteiger partial charge on any atom is -0.379 e. The average molecular weight is 339 g/mol. The van der Waals surface area contributed by atoms with Crippen molar-refractivity contribution in [3.63, 3.8) is 0 Å². The van der Waals surface area contributed by atoms with Crippen LogP contribution in [0.1, 0.15) is 18.4 Å². The van der Waals surface area contributed by atoms with Crippen LogP contribution in [0.15, 0.2) is 28.7 Å². The van der Waals surface area contributed by atoms with Crippen molar-refractivity contribution >= 4 is 15.9 Å². The van der Waals surface area contributed by atoms with E-state index < -0.39 is 0 Å². The van der Waals surface area contributed by atoms with Gasteiger partial charge in [-0.1, -0.05) is 28.1 Å². The Labute approximate surface area is 129 Å². The van der Waals surface area contributed by atoms with E-state index in [1.165, 1.54) is 42.5 Å². The Morgan fingerprint density at radius 3 is 2.70 bits per heavy atom. The lowest BCUT2D eigenvalue weighted by Crippen LogP contribution is -2.48. The molecule has 1 aromatic rings. The van der Waals surface area contributed by atoms with Crippen molar-refractivity contribution in [2.75, 3.05) is 45.9 Å². The minimum absolute atomic E-state index is 0.262. The van der Waals surface area contributed by atoms with E-state index in [4.69, 9.17) is 4.74 Å². The molecule has 110 valence electrons. The summed E-state index contributed by atoms with van der Waals surface area (Å²) in [4.78, 5) is 2.57. The maximum Gasteiger partial charge on any atom is 0.0585 e. The van der Waals surface area contributed by atoms with Crippen LogP contribution in [0, 0.1) is 0 Å². The zero-order valence-electron chi connectivity index (χ0n) is 11.9. The zero-order chi connectivity index (χ0) is 13.8. The van der Waals surface area contributed by atoms with Gasteiger partial charge >= 0.3 is 0 Å². The fourth-order valence-corrected chi connectivity index (χ4v) is 3.60. The van der Waals surface area contributed by atoms with Crippen LogP contribution in [0.25, 0.3) is 0 Å². The molecule has 20 heavy (non-hydrogen) atoms. The van der Waals surface area contributed by atoms with E-state index in [0.717, 1.165) is 26.3 Å². The predicted molar refractivity (Wildman–Crippen MR) is 85.2 cm³/mol. The van der Waals surface area contributed by atoms with Crippen LogP contribution in [0.5, 0.6) is 0 Å². The summed E-state index contributed by atoms with van der Waals surface area (Å²) < 4.78 is 6.71. The van der Waals surface area contributed by atoms with E-state index in [0.29, 0.717) is 0 Å². The minimum atomic E-state index is 0.262. The first-order chi connectivity index (χ1) is 9.78. The van der Waals surface area contributed by atoms with Crippen LogP contribution in [0.4, 0.5) is 0 Å². The standard InChI is InChI=1S/C16H23BrN2O/c17-15-4-1-3-14(11-15)16(12-20-13-16)5-2-8-19-9-6-18-7-10-19/h1,3-4,11,18H,2,5-10,12-13H2. The third-order valence-electron chi connectivity index (χ3n) is 4.53. The molecular formula is C16H23BrN2O. The number of hydrogen-bond donors (Lipinski definition) is 1. The van der Waals surface area contributed by atoms with E-state index in [2.05, 4.69) is 50.4 Å². The first kappa shape index (κ1) is 14.5. The third kappa shape index (κ3) is 3.25. The van der Waals surface area contributed by atoms with Crippen molar-refractivity contribution in [1.29, 1.82) is 0 Å². The largest absolute Gasteiger partial charge is 0.379 e. The van der Waals surface area contributed by atoms with E-state index in [9.17, 15) is 0 Å². The van der Waals surface area contributed by atoms with Gasteiger partial charge in [-0.25, -0.2) is 0 Å². The van der Waals surface area contributed by atoms with Crippen molar-refractivity contribution in [2.45, 2.75) is 18.3 Å². The summed E-state index contributed by atoms with van der Waals surface area (Å²) in [5.41, 5.74) is 1.69. The second-order valence-electron chi connectivity index (χ2n) is 5.98. The molecule has 0 atom stereocenters. The van der Waals surface area contributed by atoms with Gasteiger partial charge in [0.05, 0.1) is 13.2 Å². The van der Waals surface area contributed by atoms with Gasteiger partial charge in [0.25, 0.3) is 0 Å².